The molecule has 0 spiro atoms. The van der Waals surface area contributed by atoms with Gasteiger partial charge in [0.25, 0.3) is 0 Å². The standard InChI is InChI=1S/C32H40F6O8/c1-20(2)28(39)45-26(15-41-19-31(33,34)35)16-42-24-11-7-22(8-12-24)30(5,6)23-9-13-25(14-10-23)43-17-27(18-44-32(36,37)38)46-29(40)21(3)4/h7,9-14,21-22,26-27H,1,8,15-19H2,2-6H3. The third kappa shape index (κ3) is 13.9. The first-order valence-electron chi connectivity index (χ1n) is 14.4. The number of allylic oxidation sites excluding steroid dienone is 3. The van der Waals surface area contributed by atoms with Gasteiger partial charge < -0.3 is 23.7 Å². The van der Waals surface area contributed by atoms with E-state index in [2.05, 4.69) is 16.1 Å². The van der Waals surface area contributed by atoms with Gasteiger partial charge in [-0.05, 0) is 54.5 Å². The summed E-state index contributed by atoms with van der Waals surface area (Å²) in [6.07, 6.45) is -5.75. The second-order valence-electron chi connectivity index (χ2n) is 11.6. The Kier molecular flexibility index (Phi) is 14.2. The molecule has 0 fully saturated rings. The lowest BCUT2D eigenvalue weighted by molar-refractivity contribution is -0.331. The van der Waals surface area contributed by atoms with Crippen LogP contribution < -0.4 is 4.74 Å². The number of benzene rings is 1. The average molecular weight is 667 g/mol. The van der Waals surface area contributed by atoms with Crippen molar-refractivity contribution in [2.75, 3.05) is 33.0 Å². The summed E-state index contributed by atoms with van der Waals surface area (Å²) < 4.78 is 105. The molecule has 46 heavy (non-hydrogen) atoms. The highest BCUT2D eigenvalue weighted by Gasteiger charge is 2.33. The number of rotatable bonds is 17. The fourth-order valence-electron chi connectivity index (χ4n) is 4.09. The summed E-state index contributed by atoms with van der Waals surface area (Å²) in [4.78, 5) is 23.8. The van der Waals surface area contributed by atoms with Crippen LogP contribution in [0.25, 0.3) is 0 Å². The maximum absolute atomic E-state index is 12.5. The van der Waals surface area contributed by atoms with Gasteiger partial charge in [-0.1, -0.05) is 52.5 Å². The molecule has 1 aliphatic carbocycles. The molecule has 0 aromatic heterocycles. The number of halogens is 6. The molecule has 8 nitrogen and oxygen atoms in total. The third-order valence-corrected chi connectivity index (χ3v) is 6.84. The molecule has 0 heterocycles. The van der Waals surface area contributed by atoms with Crippen LogP contribution in [0.15, 0.2) is 60.4 Å². The third-order valence-electron chi connectivity index (χ3n) is 6.84. The quantitative estimate of drug-likeness (QED) is 0.0999. The van der Waals surface area contributed by atoms with Crippen molar-refractivity contribution in [1.82, 2.24) is 0 Å². The van der Waals surface area contributed by atoms with Crippen LogP contribution in [0.4, 0.5) is 26.3 Å². The van der Waals surface area contributed by atoms with Gasteiger partial charge in [0.05, 0.1) is 19.1 Å². The van der Waals surface area contributed by atoms with Crippen LogP contribution in [0, 0.1) is 11.8 Å². The van der Waals surface area contributed by atoms with Crippen molar-refractivity contribution in [3.8, 4) is 5.75 Å². The molecule has 0 saturated carbocycles. The SMILES string of the molecule is C=C(C)C(=O)OC(COCC(F)(F)F)COC1=CCC(C(C)(C)c2ccc(OCC(COC(F)(F)F)OC(=O)C(C)C)cc2)C=C1. The minimum atomic E-state index is -4.89. The fraction of sp³-hybridized carbons (Fsp3) is 0.562. The molecule has 3 unspecified atom stereocenters. The van der Waals surface area contributed by atoms with Gasteiger partial charge in [0, 0.05) is 5.57 Å². The first-order valence-corrected chi connectivity index (χ1v) is 14.4. The molecule has 0 N–H and O–H groups in total. The van der Waals surface area contributed by atoms with E-state index in [9.17, 15) is 35.9 Å². The van der Waals surface area contributed by atoms with Crippen molar-refractivity contribution in [2.45, 2.75) is 71.2 Å². The Bertz CT molecular complexity index is 1220. The van der Waals surface area contributed by atoms with Crippen LogP contribution in [-0.4, -0.2) is 69.7 Å². The molecular weight excluding hydrogens is 626 g/mol. The summed E-state index contributed by atoms with van der Waals surface area (Å²) in [5, 5.41) is 0. The highest BCUT2D eigenvalue weighted by molar-refractivity contribution is 5.87. The van der Waals surface area contributed by atoms with E-state index in [0.29, 0.717) is 17.9 Å². The van der Waals surface area contributed by atoms with Crippen LogP contribution in [-0.2, 0) is 38.7 Å². The van der Waals surface area contributed by atoms with E-state index in [1.165, 1.54) is 6.92 Å². The second-order valence-corrected chi connectivity index (χ2v) is 11.6. The molecule has 258 valence electrons. The Hall–Kier alpha value is -3.52. The molecule has 0 bridgehead atoms. The van der Waals surface area contributed by atoms with Gasteiger partial charge >= 0.3 is 24.5 Å². The van der Waals surface area contributed by atoms with E-state index in [1.807, 2.05) is 38.1 Å². The second kappa shape index (κ2) is 16.9. The van der Waals surface area contributed by atoms with Crippen LogP contribution in [0.5, 0.6) is 5.75 Å². The topological polar surface area (TPSA) is 89.5 Å². The summed E-state index contributed by atoms with van der Waals surface area (Å²) in [6.45, 7) is 8.53. The van der Waals surface area contributed by atoms with Crippen molar-refractivity contribution in [3.63, 3.8) is 0 Å². The summed E-state index contributed by atoms with van der Waals surface area (Å²) in [5.41, 5.74) is 0.621. The number of esters is 2. The highest BCUT2D eigenvalue weighted by atomic mass is 19.4. The minimum Gasteiger partial charge on any atom is -0.490 e. The molecule has 2 rings (SSSR count). The summed E-state index contributed by atoms with van der Waals surface area (Å²) in [5.74, 6) is -1.19. The Balaban J connectivity index is 1.97. The van der Waals surface area contributed by atoms with Gasteiger partial charge in [0.1, 0.15) is 31.3 Å². The van der Waals surface area contributed by atoms with Gasteiger partial charge in [0.2, 0.25) is 0 Å². The van der Waals surface area contributed by atoms with Gasteiger partial charge in [0.15, 0.2) is 12.2 Å². The normalized spacial score (nSPS) is 16.8. The minimum absolute atomic E-state index is 0.0121. The molecule has 0 aliphatic heterocycles. The van der Waals surface area contributed by atoms with Crippen LogP contribution >= 0.6 is 0 Å². The average Bonchev–Trinajstić information content (AvgIpc) is 2.96. The predicted octanol–water partition coefficient (Wildman–Crippen LogP) is 6.99. The van der Waals surface area contributed by atoms with E-state index in [4.69, 9.17) is 18.9 Å². The number of ether oxygens (including phenoxy) is 6. The van der Waals surface area contributed by atoms with Gasteiger partial charge in [-0.25, -0.2) is 4.79 Å². The maximum atomic E-state index is 12.5. The number of carbonyl (C=O) groups is 2. The highest BCUT2D eigenvalue weighted by Crippen LogP contribution is 2.38. The lowest BCUT2D eigenvalue weighted by atomic mass is 9.71. The van der Waals surface area contributed by atoms with Gasteiger partial charge in [-0.2, -0.15) is 13.2 Å². The zero-order valence-electron chi connectivity index (χ0n) is 26.3. The largest absolute Gasteiger partial charge is 0.522 e. The molecule has 0 amide bonds. The zero-order chi connectivity index (χ0) is 34.7. The van der Waals surface area contributed by atoms with Gasteiger partial charge in [-0.3, -0.25) is 9.53 Å². The monoisotopic (exact) mass is 666 g/mol. The van der Waals surface area contributed by atoms with Gasteiger partial charge in [-0.15, -0.1) is 13.2 Å². The predicted molar refractivity (Wildman–Crippen MR) is 155 cm³/mol. The summed E-state index contributed by atoms with van der Waals surface area (Å²) in [6, 6.07) is 6.96. The number of carbonyl (C=O) groups excluding carboxylic acids is 2. The zero-order valence-corrected chi connectivity index (χ0v) is 26.3. The summed E-state index contributed by atoms with van der Waals surface area (Å²) >= 11 is 0. The van der Waals surface area contributed by atoms with Crippen LogP contribution in [0.1, 0.15) is 46.6 Å². The molecule has 14 heteroatoms. The number of hydrogen-bond donors (Lipinski definition) is 0. The first kappa shape index (κ1) is 38.7. The lowest BCUT2D eigenvalue weighted by Crippen LogP contribution is -2.33. The van der Waals surface area contributed by atoms with E-state index >= 15 is 0 Å². The van der Waals surface area contributed by atoms with Crippen molar-refractivity contribution in [2.24, 2.45) is 11.8 Å². The first-order chi connectivity index (χ1) is 21.3. The smallest absolute Gasteiger partial charge is 0.490 e. The Labute approximate surface area is 264 Å². The number of alkyl halides is 6. The van der Waals surface area contributed by atoms with Crippen LogP contribution in [0.3, 0.4) is 0 Å². The van der Waals surface area contributed by atoms with Crippen LogP contribution in [0.2, 0.25) is 0 Å². The fourth-order valence-corrected chi connectivity index (χ4v) is 4.09. The molecule has 1 aromatic rings. The molecule has 3 atom stereocenters. The van der Waals surface area contributed by atoms with E-state index in [0.717, 1.165) is 5.56 Å². The molecule has 1 aromatic carbocycles. The number of hydrogen-bond acceptors (Lipinski definition) is 8. The van der Waals surface area contributed by atoms with Crippen molar-refractivity contribution >= 4 is 11.9 Å². The molecular formula is C32H40F6O8. The Morgan fingerprint density at radius 3 is 2.04 bits per heavy atom. The Morgan fingerprint density at radius 1 is 0.913 bits per heavy atom. The Morgan fingerprint density at radius 2 is 1.52 bits per heavy atom. The maximum Gasteiger partial charge on any atom is 0.522 e. The molecule has 0 saturated heterocycles. The van der Waals surface area contributed by atoms with E-state index in [-0.39, 0.29) is 24.7 Å². The lowest BCUT2D eigenvalue weighted by Gasteiger charge is -2.34. The molecule has 0 radical (unpaired) electrons. The van der Waals surface area contributed by atoms with Crippen molar-refractivity contribution < 1.29 is 64.4 Å². The van der Waals surface area contributed by atoms with Crippen molar-refractivity contribution in [1.29, 1.82) is 0 Å². The van der Waals surface area contributed by atoms with E-state index in [1.54, 1.807) is 32.1 Å². The summed E-state index contributed by atoms with van der Waals surface area (Å²) in [7, 11) is 0. The van der Waals surface area contributed by atoms with E-state index < -0.39 is 67.8 Å². The molecule has 1 aliphatic rings. The van der Waals surface area contributed by atoms with Crippen molar-refractivity contribution in [3.05, 3.63) is 66.0 Å².